The molecule has 21 heavy (non-hydrogen) atoms. The number of aromatic nitrogens is 3. The zero-order valence-electron chi connectivity index (χ0n) is 12.0. The molecule has 0 amide bonds. The van der Waals surface area contributed by atoms with Crippen LogP contribution in [0.4, 0.5) is 0 Å². The lowest BCUT2D eigenvalue weighted by molar-refractivity contribution is 0.398. The summed E-state index contributed by atoms with van der Waals surface area (Å²) in [7, 11) is 1.98. The number of hydrogen-bond donors (Lipinski definition) is 0. The van der Waals surface area contributed by atoms with Crippen molar-refractivity contribution in [1.29, 1.82) is 0 Å². The van der Waals surface area contributed by atoms with E-state index in [4.69, 9.17) is 10.1 Å². The van der Waals surface area contributed by atoms with Gasteiger partial charge in [0.25, 0.3) is 0 Å². The summed E-state index contributed by atoms with van der Waals surface area (Å²) in [6.07, 6.45) is 0. The van der Waals surface area contributed by atoms with E-state index in [2.05, 4.69) is 20.2 Å². The Balaban J connectivity index is 2.14. The zero-order chi connectivity index (χ0) is 15.0. The van der Waals surface area contributed by atoms with Gasteiger partial charge in [0.2, 0.25) is 0 Å². The third kappa shape index (κ3) is 2.13. The second kappa shape index (κ2) is 4.96. The molecule has 0 bridgehead atoms. The van der Waals surface area contributed by atoms with E-state index in [0.29, 0.717) is 11.5 Å². The van der Waals surface area contributed by atoms with Crippen LogP contribution in [0.25, 0.3) is 32.7 Å². The molecule has 106 valence electrons. The van der Waals surface area contributed by atoms with Gasteiger partial charge in [0.1, 0.15) is 17.3 Å². The average molecular weight is 282 g/mol. The van der Waals surface area contributed by atoms with Crippen LogP contribution in [0, 0.1) is 13.8 Å². The second-order valence-corrected chi connectivity index (χ2v) is 4.88. The molecule has 3 aromatic rings. The molecule has 0 N–H and O–H groups in total. The highest BCUT2D eigenvalue weighted by Crippen LogP contribution is 2.28. The molecule has 0 aliphatic heterocycles. The standard InChI is InChI=1S/C14H14N6O/c1-8-11(7-16-19-15)14(18-21-8)10-4-5-13-12(6-10)17-9(2)20(13)3/h4-6H,7H2,1-3H3. The summed E-state index contributed by atoms with van der Waals surface area (Å²) < 4.78 is 7.26. The molecule has 2 heterocycles. The highest BCUT2D eigenvalue weighted by molar-refractivity contribution is 5.82. The molecule has 0 saturated carbocycles. The van der Waals surface area contributed by atoms with Gasteiger partial charge in [0, 0.05) is 23.1 Å². The van der Waals surface area contributed by atoms with Crippen molar-refractivity contribution >= 4 is 11.0 Å². The Morgan fingerprint density at radius 1 is 1.38 bits per heavy atom. The Morgan fingerprint density at radius 3 is 2.95 bits per heavy atom. The molecule has 0 atom stereocenters. The third-order valence-corrected chi connectivity index (χ3v) is 3.65. The summed E-state index contributed by atoms with van der Waals surface area (Å²) in [6.45, 7) is 4.00. The predicted molar refractivity (Wildman–Crippen MR) is 78.5 cm³/mol. The molecule has 0 radical (unpaired) electrons. The number of hydrogen-bond acceptors (Lipinski definition) is 4. The summed E-state index contributed by atoms with van der Waals surface area (Å²) >= 11 is 0. The minimum absolute atomic E-state index is 0.223. The zero-order valence-corrected chi connectivity index (χ0v) is 12.0. The van der Waals surface area contributed by atoms with Crippen LogP contribution in [0.1, 0.15) is 17.1 Å². The lowest BCUT2D eigenvalue weighted by Gasteiger charge is -2.01. The van der Waals surface area contributed by atoms with Crippen molar-refractivity contribution < 1.29 is 4.52 Å². The Bertz CT molecular complexity index is 869. The fourth-order valence-electron chi connectivity index (χ4n) is 2.37. The van der Waals surface area contributed by atoms with Crippen molar-refractivity contribution in [2.75, 3.05) is 0 Å². The first-order chi connectivity index (χ1) is 10.1. The molecule has 0 aliphatic carbocycles. The molecule has 0 saturated heterocycles. The van der Waals surface area contributed by atoms with Gasteiger partial charge in [-0.3, -0.25) is 0 Å². The van der Waals surface area contributed by atoms with Gasteiger partial charge in [-0.05, 0) is 31.5 Å². The third-order valence-electron chi connectivity index (χ3n) is 3.65. The Labute approximate surface area is 120 Å². The molecule has 0 unspecified atom stereocenters. The van der Waals surface area contributed by atoms with Crippen LogP contribution >= 0.6 is 0 Å². The van der Waals surface area contributed by atoms with Crippen molar-refractivity contribution in [3.8, 4) is 11.3 Å². The first-order valence-electron chi connectivity index (χ1n) is 6.51. The first kappa shape index (κ1) is 13.2. The van der Waals surface area contributed by atoms with E-state index in [1.165, 1.54) is 0 Å². The Kier molecular flexibility index (Phi) is 3.12. The van der Waals surface area contributed by atoms with Gasteiger partial charge in [0.15, 0.2) is 0 Å². The van der Waals surface area contributed by atoms with Gasteiger partial charge < -0.3 is 9.09 Å². The van der Waals surface area contributed by atoms with Crippen molar-refractivity contribution in [1.82, 2.24) is 14.7 Å². The van der Waals surface area contributed by atoms with Gasteiger partial charge in [0.05, 0.1) is 17.6 Å². The Hall–Kier alpha value is -2.79. The maximum atomic E-state index is 8.49. The molecule has 1 aromatic carbocycles. The summed E-state index contributed by atoms with van der Waals surface area (Å²) in [4.78, 5) is 7.31. The predicted octanol–water partition coefficient (Wildman–Crippen LogP) is 3.66. The number of benzene rings is 1. The van der Waals surface area contributed by atoms with E-state index < -0.39 is 0 Å². The molecule has 3 rings (SSSR count). The number of fused-ring (bicyclic) bond motifs is 1. The van der Waals surface area contributed by atoms with Gasteiger partial charge in [-0.2, -0.15) is 0 Å². The van der Waals surface area contributed by atoms with E-state index in [1.54, 1.807) is 0 Å². The van der Waals surface area contributed by atoms with E-state index in [9.17, 15) is 0 Å². The molecule has 0 spiro atoms. The molecular formula is C14H14N6O. The number of azide groups is 1. The second-order valence-electron chi connectivity index (χ2n) is 4.88. The van der Waals surface area contributed by atoms with Gasteiger partial charge in [-0.15, -0.1) is 0 Å². The quantitative estimate of drug-likeness (QED) is 0.417. The van der Waals surface area contributed by atoms with Crippen LogP contribution in [-0.2, 0) is 13.6 Å². The Morgan fingerprint density at radius 2 is 2.19 bits per heavy atom. The minimum atomic E-state index is 0.223. The summed E-state index contributed by atoms with van der Waals surface area (Å²) in [5, 5.41) is 7.68. The fraction of sp³-hybridized carbons (Fsp3) is 0.286. The molecule has 2 aromatic heterocycles. The number of aryl methyl sites for hydroxylation is 3. The smallest absolute Gasteiger partial charge is 0.137 e. The fourth-order valence-corrected chi connectivity index (χ4v) is 2.37. The first-order valence-corrected chi connectivity index (χ1v) is 6.51. The van der Waals surface area contributed by atoms with Crippen LogP contribution < -0.4 is 0 Å². The van der Waals surface area contributed by atoms with Crippen LogP contribution in [0.5, 0.6) is 0 Å². The SMILES string of the molecule is Cc1onc(-c2ccc3c(c2)nc(C)n3C)c1CN=[N+]=[N-]. The topological polar surface area (TPSA) is 92.6 Å². The van der Waals surface area contributed by atoms with Crippen LogP contribution in [0.15, 0.2) is 27.8 Å². The highest BCUT2D eigenvalue weighted by Gasteiger charge is 2.15. The molecule has 7 nitrogen and oxygen atoms in total. The van der Waals surface area contributed by atoms with Crippen molar-refractivity contribution in [3.63, 3.8) is 0 Å². The number of nitrogens with zero attached hydrogens (tertiary/aromatic N) is 6. The van der Waals surface area contributed by atoms with E-state index in [1.807, 2.05) is 43.7 Å². The lowest BCUT2D eigenvalue weighted by Crippen LogP contribution is -1.90. The van der Waals surface area contributed by atoms with Crippen LogP contribution in [-0.4, -0.2) is 14.7 Å². The molecular weight excluding hydrogens is 268 g/mol. The van der Waals surface area contributed by atoms with E-state index in [0.717, 1.165) is 28.0 Å². The highest BCUT2D eigenvalue weighted by atomic mass is 16.5. The summed E-state index contributed by atoms with van der Waals surface area (Å²) in [5.41, 5.74) is 12.9. The van der Waals surface area contributed by atoms with Gasteiger partial charge in [-0.1, -0.05) is 16.3 Å². The number of rotatable bonds is 3. The van der Waals surface area contributed by atoms with Crippen LogP contribution in [0.3, 0.4) is 0 Å². The monoisotopic (exact) mass is 282 g/mol. The maximum absolute atomic E-state index is 8.49. The lowest BCUT2D eigenvalue weighted by atomic mass is 10.1. The van der Waals surface area contributed by atoms with Gasteiger partial charge in [-0.25, -0.2) is 4.98 Å². The van der Waals surface area contributed by atoms with E-state index >= 15 is 0 Å². The molecule has 0 fully saturated rings. The van der Waals surface area contributed by atoms with Crippen molar-refractivity contribution in [2.24, 2.45) is 12.2 Å². The van der Waals surface area contributed by atoms with Gasteiger partial charge >= 0.3 is 0 Å². The minimum Gasteiger partial charge on any atom is -0.361 e. The van der Waals surface area contributed by atoms with Crippen molar-refractivity contribution in [3.05, 3.63) is 45.8 Å². The average Bonchev–Trinajstić information content (AvgIpc) is 2.97. The molecule has 7 heteroatoms. The maximum Gasteiger partial charge on any atom is 0.137 e. The summed E-state index contributed by atoms with van der Waals surface area (Å²) in [5.74, 6) is 1.61. The normalized spacial score (nSPS) is 10.8. The van der Waals surface area contributed by atoms with Crippen molar-refractivity contribution in [2.45, 2.75) is 20.4 Å². The summed E-state index contributed by atoms with van der Waals surface area (Å²) in [6, 6.07) is 5.95. The number of imidazole rings is 1. The largest absolute Gasteiger partial charge is 0.361 e. The van der Waals surface area contributed by atoms with E-state index in [-0.39, 0.29) is 6.54 Å². The molecule has 0 aliphatic rings. The van der Waals surface area contributed by atoms with Crippen LogP contribution in [0.2, 0.25) is 0 Å².